The number of hydrogen-bond acceptors (Lipinski definition) is 3. The first-order valence-electron chi connectivity index (χ1n) is 5.05. The van der Waals surface area contributed by atoms with Crippen molar-refractivity contribution in [1.29, 1.82) is 0 Å². The number of hydrogen-bond donors (Lipinski definition) is 2. The molecule has 6 heteroatoms. The van der Waals surface area contributed by atoms with Gasteiger partial charge >= 0.3 is 10.8 Å². The number of carboxylic acids is 1. The van der Waals surface area contributed by atoms with Crippen LogP contribution in [0.3, 0.4) is 0 Å². The molecule has 0 saturated carbocycles. The molecule has 5 nitrogen and oxygen atoms in total. The molecular formula is C11H12N2O3S. The van der Waals surface area contributed by atoms with Crippen molar-refractivity contribution in [3.05, 3.63) is 43.8 Å². The fourth-order valence-corrected chi connectivity index (χ4v) is 2.40. The van der Waals surface area contributed by atoms with Crippen LogP contribution in [0.1, 0.15) is 27.4 Å². The molecule has 0 radical (unpaired) electrons. The van der Waals surface area contributed by atoms with E-state index in [9.17, 15) is 9.59 Å². The summed E-state index contributed by atoms with van der Waals surface area (Å²) in [7, 11) is 0. The van der Waals surface area contributed by atoms with Crippen molar-refractivity contribution in [3.8, 4) is 0 Å². The first-order valence-corrected chi connectivity index (χ1v) is 5.93. The molecule has 0 aliphatic carbocycles. The second-order valence-corrected chi connectivity index (χ2v) is 4.69. The van der Waals surface area contributed by atoms with Crippen molar-refractivity contribution in [2.45, 2.75) is 20.4 Å². The lowest BCUT2D eigenvalue weighted by molar-refractivity contribution is 0.0696. The molecule has 2 rings (SSSR count). The smallest absolute Gasteiger partial charge is 0.337 e. The van der Waals surface area contributed by atoms with Crippen LogP contribution in [0, 0.1) is 13.8 Å². The third-order valence-corrected chi connectivity index (χ3v) is 3.42. The van der Waals surface area contributed by atoms with E-state index in [0.29, 0.717) is 17.8 Å². The van der Waals surface area contributed by atoms with E-state index >= 15 is 0 Å². The average molecular weight is 252 g/mol. The Hall–Kier alpha value is -1.82. The van der Waals surface area contributed by atoms with Gasteiger partial charge in [0.05, 0.1) is 12.1 Å². The Morgan fingerprint density at radius 2 is 2.24 bits per heavy atom. The highest BCUT2D eigenvalue weighted by atomic mass is 32.1. The number of aromatic amines is 1. The maximum absolute atomic E-state index is 11.0. The lowest BCUT2D eigenvalue weighted by Crippen LogP contribution is -2.07. The minimum atomic E-state index is -0.928. The van der Waals surface area contributed by atoms with E-state index < -0.39 is 5.97 Å². The monoisotopic (exact) mass is 252 g/mol. The summed E-state index contributed by atoms with van der Waals surface area (Å²) in [6.07, 6.45) is 0. The molecule has 0 spiro atoms. The Morgan fingerprint density at radius 1 is 1.53 bits per heavy atom. The van der Waals surface area contributed by atoms with Crippen molar-refractivity contribution < 1.29 is 9.90 Å². The molecule has 0 aromatic carbocycles. The molecule has 0 aliphatic heterocycles. The number of aromatic carboxylic acids is 1. The topological polar surface area (TPSA) is 75.1 Å². The molecular weight excluding hydrogens is 240 g/mol. The van der Waals surface area contributed by atoms with Gasteiger partial charge in [0.1, 0.15) is 0 Å². The van der Waals surface area contributed by atoms with E-state index in [2.05, 4.69) is 4.98 Å². The molecule has 2 heterocycles. The number of rotatable bonds is 3. The Labute approximate surface area is 101 Å². The molecule has 0 aliphatic rings. The van der Waals surface area contributed by atoms with Gasteiger partial charge < -0.3 is 14.7 Å². The molecule has 0 unspecified atom stereocenters. The molecule has 2 aromatic heterocycles. The number of carboxylic acid groups (broad SMARTS) is 1. The van der Waals surface area contributed by atoms with Gasteiger partial charge in [0.25, 0.3) is 0 Å². The number of nitrogens with one attached hydrogen (secondary N) is 1. The average Bonchev–Trinajstić information content (AvgIpc) is 2.77. The van der Waals surface area contributed by atoms with Crippen LogP contribution in [0.25, 0.3) is 0 Å². The van der Waals surface area contributed by atoms with Gasteiger partial charge in [-0.3, -0.25) is 4.79 Å². The van der Waals surface area contributed by atoms with E-state index in [-0.39, 0.29) is 4.87 Å². The van der Waals surface area contributed by atoms with Gasteiger partial charge in [0.15, 0.2) is 0 Å². The van der Waals surface area contributed by atoms with E-state index in [1.54, 1.807) is 18.4 Å². The van der Waals surface area contributed by atoms with Crippen LogP contribution in [-0.2, 0) is 6.54 Å². The van der Waals surface area contributed by atoms with E-state index in [0.717, 1.165) is 22.7 Å². The number of aromatic nitrogens is 2. The summed E-state index contributed by atoms with van der Waals surface area (Å²) >= 11 is 1.11. The fraction of sp³-hybridized carbons (Fsp3) is 0.273. The Morgan fingerprint density at radius 3 is 2.71 bits per heavy atom. The molecule has 0 amide bonds. The normalized spacial score (nSPS) is 10.7. The molecule has 0 atom stereocenters. The van der Waals surface area contributed by atoms with Crippen LogP contribution >= 0.6 is 11.3 Å². The fourth-order valence-electron chi connectivity index (χ4n) is 1.82. The second-order valence-electron chi connectivity index (χ2n) is 3.85. The van der Waals surface area contributed by atoms with E-state index in [4.69, 9.17) is 5.11 Å². The van der Waals surface area contributed by atoms with Crippen molar-refractivity contribution in [2.24, 2.45) is 0 Å². The maximum atomic E-state index is 11.0. The predicted octanol–water partition coefficient (Wildman–Crippen LogP) is 1.60. The third kappa shape index (κ3) is 2.16. The number of aryl methyl sites for hydroxylation is 1. The van der Waals surface area contributed by atoms with Crippen molar-refractivity contribution in [2.75, 3.05) is 0 Å². The van der Waals surface area contributed by atoms with Gasteiger partial charge in [-0.2, -0.15) is 0 Å². The molecule has 17 heavy (non-hydrogen) atoms. The zero-order valence-electron chi connectivity index (χ0n) is 9.48. The van der Waals surface area contributed by atoms with Gasteiger partial charge in [-0.05, 0) is 19.9 Å². The molecule has 0 saturated heterocycles. The van der Waals surface area contributed by atoms with Gasteiger partial charge in [0, 0.05) is 22.5 Å². The highest BCUT2D eigenvalue weighted by Gasteiger charge is 2.14. The van der Waals surface area contributed by atoms with Crippen LogP contribution in [0.5, 0.6) is 0 Å². The zero-order valence-corrected chi connectivity index (χ0v) is 10.3. The highest BCUT2D eigenvalue weighted by molar-refractivity contribution is 7.07. The van der Waals surface area contributed by atoms with Gasteiger partial charge in [-0.15, -0.1) is 0 Å². The molecule has 2 aromatic rings. The molecule has 0 bridgehead atoms. The van der Waals surface area contributed by atoms with Crippen molar-refractivity contribution in [1.82, 2.24) is 9.55 Å². The van der Waals surface area contributed by atoms with Crippen LogP contribution in [0.15, 0.2) is 16.2 Å². The second kappa shape index (κ2) is 4.21. The molecule has 90 valence electrons. The Bertz CT molecular complexity index is 621. The van der Waals surface area contributed by atoms with Crippen LogP contribution in [0.4, 0.5) is 0 Å². The minimum absolute atomic E-state index is 0.0964. The Kier molecular flexibility index (Phi) is 2.89. The van der Waals surface area contributed by atoms with E-state index in [1.165, 1.54) is 0 Å². The van der Waals surface area contributed by atoms with Gasteiger partial charge in [0.2, 0.25) is 0 Å². The maximum Gasteiger partial charge on any atom is 0.337 e. The summed E-state index contributed by atoms with van der Waals surface area (Å²) in [5.41, 5.74) is 2.66. The largest absolute Gasteiger partial charge is 0.478 e. The lowest BCUT2D eigenvalue weighted by Gasteiger charge is -2.07. The summed E-state index contributed by atoms with van der Waals surface area (Å²) < 4.78 is 1.88. The standard InChI is InChI=1S/C11H12N2O3S/c1-6-3-9(10(14)15)7(2)13(6)4-8-5-17-11(16)12-8/h3,5H,4H2,1-2H3,(H,12,16)(H,14,15). The van der Waals surface area contributed by atoms with Crippen LogP contribution in [-0.4, -0.2) is 20.6 Å². The van der Waals surface area contributed by atoms with Gasteiger partial charge in [-0.25, -0.2) is 4.79 Å². The third-order valence-electron chi connectivity index (χ3n) is 2.70. The summed E-state index contributed by atoms with van der Waals surface area (Å²) in [6, 6.07) is 1.64. The van der Waals surface area contributed by atoms with Crippen molar-refractivity contribution in [3.63, 3.8) is 0 Å². The zero-order chi connectivity index (χ0) is 12.6. The number of thiazole rings is 1. The van der Waals surface area contributed by atoms with E-state index in [1.807, 2.05) is 11.5 Å². The minimum Gasteiger partial charge on any atom is -0.478 e. The first kappa shape index (κ1) is 11.7. The summed E-state index contributed by atoms with van der Waals surface area (Å²) in [5, 5.41) is 10.8. The lowest BCUT2D eigenvalue weighted by atomic mass is 10.2. The summed E-state index contributed by atoms with van der Waals surface area (Å²) in [5.74, 6) is -0.928. The van der Waals surface area contributed by atoms with Crippen LogP contribution in [0.2, 0.25) is 0 Å². The Balaban J connectivity index is 2.39. The van der Waals surface area contributed by atoms with Gasteiger partial charge in [-0.1, -0.05) is 11.3 Å². The highest BCUT2D eigenvalue weighted by Crippen LogP contribution is 2.16. The molecule has 0 fully saturated rings. The summed E-state index contributed by atoms with van der Waals surface area (Å²) in [6.45, 7) is 4.11. The number of carbonyl (C=O) groups is 1. The predicted molar refractivity (Wildman–Crippen MR) is 64.9 cm³/mol. The van der Waals surface area contributed by atoms with Crippen molar-refractivity contribution >= 4 is 17.3 Å². The first-order chi connectivity index (χ1) is 7.99. The SMILES string of the molecule is Cc1cc(C(=O)O)c(C)n1Cc1csc(=O)[nH]1. The number of nitrogens with zero attached hydrogens (tertiary/aromatic N) is 1. The quantitative estimate of drug-likeness (QED) is 0.871. The summed E-state index contributed by atoms with van der Waals surface area (Å²) in [4.78, 5) is 24.6. The van der Waals surface area contributed by atoms with Crippen LogP contribution < -0.4 is 4.87 Å². The number of H-pyrrole nitrogens is 1. The molecule has 2 N–H and O–H groups in total.